The molecule has 0 saturated carbocycles. The van der Waals surface area contributed by atoms with Crippen LogP contribution in [0.1, 0.15) is 19.3 Å². The Hall–Kier alpha value is -1.50. The fraction of sp³-hybridized carbons (Fsp3) is 0.583. The molecule has 6 nitrogen and oxygen atoms in total. The van der Waals surface area contributed by atoms with Gasteiger partial charge in [-0.2, -0.15) is 0 Å². The van der Waals surface area contributed by atoms with Gasteiger partial charge in [-0.25, -0.2) is 4.98 Å². The lowest BCUT2D eigenvalue weighted by Crippen LogP contribution is -2.37. The van der Waals surface area contributed by atoms with E-state index in [1.165, 1.54) is 6.42 Å². The van der Waals surface area contributed by atoms with Crippen molar-refractivity contribution in [3.05, 3.63) is 12.4 Å². The van der Waals surface area contributed by atoms with Gasteiger partial charge in [0.1, 0.15) is 6.54 Å². The fourth-order valence-electron chi connectivity index (χ4n) is 2.07. The summed E-state index contributed by atoms with van der Waals surface area (Å²) in [5, 5.41) is 9.23. The van der Waals surface area contributed by atoms with E-state index in [0.717, 1.165) is 37.7 Å². The number of amides is 1. The molecule has 1 amide bonds. The molecule has 0 radical (unpaired) electrons. The maximum absolute atomic E-state index is 12.1. The number of hydrogen-bond acceptors (Lipinski definition) is 4. The van der Waals surface area contributed by atoms with E-state index in [1.807, 2.05) is 4.90 Å². The van der Waals surface area contributed by atoms with Crippen LogP contribution in [0.15, 0.2) is 17.6 Å². The molecule has 7 heteroatoms. The summed E-state index contributed by atoms with van der Waals surface area (Å²) in [7, 11) is 0. The van der Waals surface area contributed by atoms with E-state index in [2.05, 4.69) is 4.98 Å². The van der Waals surface area contributed by atoms with Crippen LogP contribution in [-0.2, 0) is 16.1 Å². The minimum Gasteiger partial charge on any atom is -0.481 e. The highest BCUT2D eigenvalue weighted by Crippen LogP contribution is 2.16. The fourth-order valence-corrected chi connectivity index (χ4v) is 2.75. The first-order valence-electron chi connectivity index (χ1n) is 6.30. The SMILES string of the molecule is O=C(O)CSc1nccn1CC(=O)N1CCCCC1. The maximum Gasteiger partial charge on any atom is 0.313 e. The topological polar surface area (TPSA) is 75.4 Å². The molecule has 0 unspecified atom stereocenters. The quantitative estimate of drug-likeness (QED) is 0.818. The predicted molar refractivity (Wildman–Crippen MR) is 71.0 cm³/mol. The Morgan fingerprint density at radius 1 is 1.32 bits per heavy atom. The number of carboxylic acid groups (broad SMARTS) is 1. The zero-order chi connectivity index (χ0) is 13.7. The summed E-state index contributed by atoms with van der Waals surface area (Å²) in [4.78, 5) is 28.6. The largest absolute Gasteiger partial charge is 0.481 e. The van der Waals surface area contributed by atoms with Gasteiger partial charge in [0.05, 0.1) is 5.75 Å². The summed E-state index contributed by atoms with van der Waals surface area (Å²) < 4.78 is 1.71. The van der Waals surface area contributed by atoms with Crippen LogP contribution in [0.25, 0.3) is 0 Å². The zero-order valence-electron chi connectivity index (χ0n) is 10.6. The molecule has 1 aromatic rings. The van der Waals surface area contributed by atoms with E-state index in [4.69, 9.17) is 5.11 Å². The molecule has 0 aliphatic carbocycles. The summed E-state index contributed by atoms with van der Waals surface area (Å²) >= 11 is 1.13. The number of carboxylic acids is 1. The molecule has 1 fully saturated rings. The minimum absolute atomic E-state index is 0.0467. The second-order valence-electron chi connectivity index (χ2n) is 4.46. The Bertz CT molecular complexity index is 455. The van der Waals surface area contributed by atoms with Crippen molar-refractivity contribution in [1.82, 2.24) is 14.5 Å². The van der Waals surface area contributed by atoms with Gasteiger partial charge in [-0.1, -0.05) is 11.8 Å². The molecule has 1 aromatic heterocycles. The average Bonchev–Trinajstić information content (AvgIpc) is 2.84. The molecule has 1 aliphatic rings. The van der Waals surface area contributed by atoms with E-state index < -0.39 is 5.97 Å². The van der Waals surface area contributed by atoms with Gasteiger partial charge in [0.25, 0.3) is 0 Å². The lowest BCUT2D eigenvalue weighted by molar-refractivity contribution is -0.134. The molecule has 104 valence electrons. The van der Waals surface area contributed by atoms with Gasteiger partial charge in [0.15, 0.2) is 5.16 Å². The van der Waals surface area contributed by atoms with E-state index in [1.54, 1.807) is 17.0 Å². The summed E-state index contributed by atoms with van der Waals surface area (Å²) in [6.07, 6.45) is 6.63. The van der Waals surface area contributed by atoms with E-state index in [-0.39, 0.29) is 18.2 Å². The van der Waals surface area contributed by atoms with Crippen molar-refractivity contribution in [3.8, 4) is 0 Å². The molecule has 1 N–H and O–H groups in total. The molecule has 1 aliphatic heterocycles. The Kier molecular flexibility index (Phi) is 4.84. The molecular formula is C12H17N3O3S. The van der Waals surface area contributed by atoms with Gasteiger partial charge in [-0.3, -0.25) is 9.59 Å². The van der Waals surface area contributed by atoms with E-state index in [0.29, 0.717) is 5.16 Å². The van der Waals surface area contributed by atoms with Crippen molar-refractivity contribution in [3.63, 3.8) is 0 Å². The maximum atomic E-state index is 12.1. The molecule has 19 heavy (non-hydrogen) atoms. The van der Waals surface area contributed by atoms with Crippen molar-refractivity contribution in [2.45, 2.75) is 31.0 Å². The second kappa shape index (κ2) is 6.60. The van der Waals surface area contributed by atoms with Crippen LogP contribution in [0, 0.1) is 0 Å². The normalized spacial score (nSPS) is 15.5. The molecule has 0 spiro atoms. The van der Waals surface area contributed by atoms with Crippen molar-refractivity contribution < 1.29 is 14.7 Å². The molecular weight excluding hydrogens is 266 g/mol. The smallest absolute Gasteiger partial charge is 0.313 e. The first-order valence-corrected chi connectivity index (χ1v) is 7.29. The van der Waals surface area contributed by atoms with Crippen LogP contribution in [0.3, 0.4) is 0 Å². The van der Waals surface area contributed by atoms with Crippen LogP contribution in [0.4, 0.5) is 0 Å². The van der Waals surface area contributed by atoms with Gasteiger partial charge in [-0.15, -0.1) is 0 Å². The number of thioether (sulfide) groups is 1. The van der Waals surface area contributed by atoms with Crippen molar-refractivity contribution in [1.29, 1.82) is 0 Å². The number of aliphatic carboxylic acids is 1. The monoisotopic (exact) mass is 283 g/mol. The minimum atomic E-state index is -0.887. The third-order valence-corrected chi connectivity index (χ3v) is 4.01. The summed E-state index contributed by atoms with van der Waals surface area (Å²) in [6, 6.07) is 0. The van der Waals surface area contributed by atoms with Crippen LogP contribution in [0.5, 0.6) is 0 Å². The Morgan fingerprint density at radius 2 is 2.05 bits per heavy atom. The molecule has 2 rings (SSSR count). The number of imidazole rings is 1. The van der Waals surface area contributed by atoms with Gasteiger partial charge >= 0.3 is 5.97 Å². The molecule has 0 aromatic carbocycles. The lowest BCUT2D eigenvalue weighted by Gasteiger charge is -2.27. The van der Waals surface area contributed by atoms with Gasteiger partial charge < -0.3 is 14.6 Å². The van der Waals surface area contributed by atoms with Crippen molar-refractivity contribution >= 4 is 23.6 Å². The number of aromatic nitrogens is 2. The van der Waals surface area contributed by atoms with E-state index in [9.17, 15) is 9.59 Å². The predicted octanol–water partition coefficient (Wildman–Crippen LogP) is 1.07. The molecule has 0 atom stereocenters. The van der Waals surface area contributed by atoms with Gasteiger partial charge in [-0.05, 0) is 19.3 Å². The summed E-state index contributed by atoms with van der Waals surface area (Å²) in [5.41, 5.74) is 0. The van der Waals surface area contributed by atoms with Crippen LogP contribution in [-0.4, -0.2) is 50.3 Å². The number of carbonyl (C=O) groups excluding carboxylic acids is 1. The number of carbonyl (C=O) groups is 2. The lowest BCUT2D eigenvalue weighted by atomic mass is 10.1. The van der Waals surface area contributed by atoms with Gasteiger partial charge in [0.2, 0.25) is 5.91 Å². The molecule has 1 saturated heterocycles. The summed E-state index contributed by atoms with van der Waals surface area (Å²) in [6.45, 7) is 1.89. The van der Waals surface area contributed by atoms with Crippen molar-refractivity contribution in [2.75, 3.05) is 18.8 Å². The highest BCUT2D eigenvalue weighted by atomic mass is 32.2. The average molecular weight is 283 g/mol. The Balaban J connectivity index is 1.92. The van der Waals surface area contributed by atoms with Crippen LogP contribution >= 0.6 is 11.8 Å². The van der Waals surface area contributed by atoms with Crippen molar-refractivity contribution in [2.24, 2.45) is 0 Å². The van der Waals surface area contributed by atoms with Crippen LogP contribution < -0.4 is 0 Å². The first kappa shape index (κ1) is 13.9. The Morgan fingerprint density at radius 3 is 2.74 bits per heavy atom. The third-order valence-electron chi connectivity index (χ3n) is 3.02. The molecule has 2 heterocycles. The highest BCUT2D eigenvalue weighted by molar-refractivity contribution is 7.99. The number of rotatable bonds is 5. The standard InChI is InChI=1S/C12H17N3O3S/c16-10(14-5-2-1-3-6-14)8-15-7-4-13-12(15)19-9-11(17)18/h4,7H,1-3,5-6,8-9H2,(H,17,18). The Labute approximate surface area is 115 Å². The van der Waals surface area contributed by atoms with Gasteiger partial charge in [0, 0.05) is 25.5 Å². The second-order valence-corrected chi connectivity index (χ2v) is 5.40. The number of nitrogens with zero attached hydrogens (tertiary/aromatic N) is 3. The molecule has 0 bridgehead atoms. The van der Waals surface area contributed by atoms with E-state index >= 15 is 0 Å². The summed E-state index contributed by atoms with van der Waals surface area (Å²) in [5.74, 6) is -0.855. The highest BCUT2D eigenvalue weighted by Gasteiger charge is 2.18. The number of hydrogen-bond donors (Lipinski definition) is 1. The van der Waals surface area contributed by atoms with Crippen LogP contribution in [0.2, 0.25) is 0 Å². The first-order chi connectivity index (χ1) is 9.16. The number of piperidine rings is 1. The third kappa shape index (κ3) is 3.99. The number of likely N-dealkylation sites (tertiary alicyclic amines) is 1. The zero-order valence-corrected chi connectivity index (χ0v) is 11.4.